The van der Waals surface area contributed by atoms with Crippen LogP contribution in [-0.4, -0.2) is 23.7 Å². The first kappa shape index (κ1) is 24.4. The highest BCUT2D eigenvalue weighted by Crippen LogP contribution is 2.40. The van der Waals surface area contributed by atoms with Crippen molar-refractivity contribution >= 4 is 26.6 Å². The lowest BCUT2D eigenvalue weighted by molar-refractivity contribution is 0.480. The van der Waals surface area contributed by atoms with Crippen LogP contribution in [0.15, 0.2) is 60.9 Å². The van der Waals surface area contributed by atoms with Crippen LogP contribution < -0.4 is 9.46 Å². The molecule has 2 aromatic carbocycles. The number of aromatic nitrogens is 2. The molecule has 4 aromatic rings. The molecule has 5 rings (SSSR count). The number of anilines is 1. The van der Waals surface area contributed by atoms with Gasteiger partial charge >= 0.3 is 0 Å². The number of ether oxygens (including phenoxy) is 1. The Morgan fingerprint density at radius 1 is 1.11 bits per heavy atom. The molecule has 0 aliphatic heterocycles. The molecule has 0 atom stereocenters. The third-order valence-electron chi connectivity index (χ3n) is 6.32. The van der Waals surface area contributed by atoms with Gasteiger partial charge in [-0.2, -0.15) is 10.5 Å². The SMILES string of the molecule is CCCS(=O)(=O)Nc1ccc(-c2c(C#N)c3ccc(Oc4ccncc4C#N)cc3n2CC2CC2)cc1. The van der Waals surface area contributed by atoms with E-state index in [1.165, 1.54) is 6.20 Å². The Labute approximate surface area is 215 Å². The van der Waals surface area contributed by atoms with Gasteiger partial charge in [-0.15, -0.1) is 0 Å². The van der Waals surface area contributed by atoms with Gasteiger partial charge in [0.25, 0.3) is 0 Å². The van der Waals surface area contributed by atoms with E-state index in [0.717, 1.165) is 41.5 Å². The van der Waals surface area contributed by atoms with E-state index in [2.05, 4.69) is 26.4 Å². The van der Waals surface area contributed by atoms with E-state index in [9.17, 15) is 18.9 Å². The van der Waals surface area contributed by atoms with E-state index in [4.69, 9.17) is 4.74 Å². The predicted octanol–water partition coefficient (Wildman–Crippen LogP) is 5.80. The van der Waals surface area contributed by atoms with Crippen molar-refractivity contribution in [1.82, 2.24) is 9.55 Å². The Balaban J connectivity index is 1.58. The van der Waals surface area contributed by atoms with Crippen molar-refractivity contribution in [2.45, 2.75) is 32.7 Å². The van der Waals surface area contributed by atoms with Crippen LogP contribution in [0.5, 0.6) is 11.5 Å². The minimum Gasteiger partial charge on any atom is -0.456 e. The van der Waals surface area contributed by atoms with Crippen LogP contribution in [0.1, 0.15) is 37.3 Å². The number of nitriles is 2. The lowest BCUT2D eigenvalue weighted by Crippen LogP contribution is -2.15. The van der Waals surface area contributed by atoms with Crippen molar-refractivity contribution in [3.05, 3.63) is 72.1 Å². The summed E-state index contributed by atoms with van der Waals surface area (Å²) >= 11 is 0. The standard InChI is InChI=1S/C28H25N5O3S/c1-2-13-37(34,35)32-22-7-5-20(6-8-22)28-25(16-30)24-10-9-23(14-26(24)33(28)18-19-3-4-19)36-27-11-12-31-17-21(27)15-29/h5-12,14,17,19,32H,2-4,13,18H2,1H3. The van der Waals surface area contributed by atoms with Crippen LogP contribution >= 0.6 is 0 Å². The molecule has 1 aliphatic carbocycles. The summed E-state index contributed by atoms with van der Waals surface area (Å²) in [6.45, 7) is 2.58. The Morgan fingerprint density at radius 3 is 2.57 bits per heavy atom. The maximum absolute atomic E-state index is 12.2. The van der Waals surface area contributed by atoms with E-state index in [-0.39, 0.29) is 5.75 Å². The molecule has 1 N–H and O–H groups in total. The van der Waals surface area contributed by atoms with E-state index < -0.39 is 10.0 Å². The summed E-state index contributed by atoms with van der Waals surface area (Å²) < 4.78 is 35.1. The Bertz CT molecular complexity index is 1660. The second-order valence-corrected chi connectivity index (χ2v) is 11.0. The van der Waals surface area contributed by atoms with E-state index in [1.807, 2.05) is 31.2 Å². The second kappa shape index (κ2) is 9.96. The van der Waals surface area contributed by atoms with Crippen LogP contribution in [-0.2, 0) is 16.6 Å². The topological polar surface area (TPSA) is 121 Å². The number of hydrogen-bond donors (Lipinski definition) is 1. The summed E-state index contributed by atoms with van der Waals surface area (Å²) in [5.74, 6) is 1.57. The first-order chi connectivity index (χ1) is 17.9. The van der Waals surface area contributed by atoms with Gasteiger partial charge in [0.2, 0.25) is 10.0 Å². The van der Waals surface area contributed by atoms with Crippen LogP contribution in [0, 0.1) is 28.6 Å². The average molecular weight is 512 g/mol. The quantitative estimate of drug-likeness (QED) is 0.303. The Morgan fingerprint density at radius 2 is 1.89 bits per heavy atom. The van der Waals surface area contributed by atoms with Crippen molar-refractivity contribution in [1.29, 1.82) is 10.5 Å². The molecular weight excluding hydrogens is 486 g/mol. The molecule has 1 fully saturated rings. The van der Waals surface area contributed by atoms with Gasteiger partial charge in [0.1, 0.15) is 29.2 Å². The molecule has 0 spiro atoms. The fourth-order valence-corrected chi connectivity index (χ4v) is 5.57. The van der Waals surface area contributed by atoms with Gasteiger partial charge in [-0.05, 0) is 55.0 Å². The third kappa shape index (κ3) is 5.13. The van der Waals surface area contributed by atoms with Crippen LogP contribution in [0.3, 0.4) is 0 Å². The molecule has 37 heavy (non-hydrogen) atoms. The number of nitrogens with zero attached hydrogens (tertiary/aromatic N) is 4. The van der Waals surface area contributed by atoms with Crippen molar-refractivity contribution in [2.24, 2.45) is 5.92 Å². The van der Waals surface area contributed by atoms with Crippen LogP contribution in [0.4, 0.5) is 5.69 Å². The smallest absolute Gasteiger partial charge is 0.232 e. The summed E-state index contributed by atoms with van der Waals surface area (Å²) in [5.41, 5.74) is 3.88. The summed E-state index contributed by atoms with van der Waals surface area (Å²) in [6, 6.07) is 18.8. The fraction of sp³-hybridized carbons (Fsp3) is 0.250. The lowest BCUT2D eigenvalue weighted by Gasteiger charge is -2.13. The number of fused-ring (bicyclic) bond motifs is 1. The minimum absolute atomic E-state index is 0.0583. The zero-order valence-electron chi connectivity index (χ0n) is 20.3. The highest BCUT2D eigenvalue weighted by molar-refractivity contribution is 7.92. The number of benzene rings is 2. The van der Waals surface area contributed by atoms with Crippen molar-refractivity contribution in [3.63, 3.8) is 0 Å². The molecule has 186 valence electrons. The van der Waals surface area contributed by atoms with Gasteiger partial charge in [-0.1, -0.05) is 19.1 Å². The number of nitrogens with one attached hydrogen (secondary N) is 1. The lowest BCUT2D eigenvalue weighted by atomic mass is 10.1. The third-order valence-corrected chi connectivity index (χ3v) is 7.81. The molecule has 1 saturated carbocycles. The average Bonchev–Trinajstić information content (AvgIpc) is 3.66. The van der Waals surface area contributed by atoms with Gasteiger partial charge in [0.15, 0.2) is 0 Å². The molecule has 0 saturated heterocycles. The van der Waals surface area contributed by atoms with Crippen molar-refractivity contribution in [2.75, 3.05) is 10.5 Å². The van der Waals surface area contributed by atoms with Crippen LogP contribution in [0.25, 0.3) is 22.2 Å². The maximum Gasteiger partial charge on any atom is 0.232 e. The Hall–Kier alpha value is -4.34. The molecule has 2 aromatic heterocycles. The Kier molecular flexibility index (Phi) is 6.56. The first-order valence-electron chi connectivity index (χ1n) is 12.1. The predicted molar refractivity (Wildman–Crippen MR) is 142 cm³/mol. The molecule has 0 radical (unpaired) electrons. The van der Waals surface area contributed by atoms with Gasteiger partial charge in [0, 0.05) is 42.1 Å². The normalized spacial score (nSPS) is 13.2. The fourth-order valence-electron chi connectivity index (χ4n) is 4.43. The molecule has 1 aliphatic rings. The van der Waals surface area contributed by atoms with Gasteiger partial charge in [0.05, 0.1) is 22.5 Å². The largest absolute Gasteiger partial charge is 0.456 e. The number of hydrogen-bond acceptors (Lipinski definition) is 6. The van der Waals surface area contributed by atoms with Crippen molar-refractivity contribution in [3.8, 4) is 34.9 Å². The highest BCUT2D eigenvalue weighted by atomic mass is 32.2. The summed E-state index contributed by atoms with van der Waals surface area (Å²) in [7, 11) is -3.39. The molecule has 9 heteroatoms. The van der Waals surface area contributed by atoms with Crippen molar-refractivity contribution < 1.29 is 13.2 Å². The first-order valence-corrected chi connectivity index (χ1v) is 13.8. The minimum atomic E-state index is -3.39. The van der Waals surface area contributed by atoms with Gasteiger partial charge < -0.3 is 9.30 Å². The van der Waals surface area contributed by atoms with Crippen LogP contribution in [0.2, 0.25) is 0 Å². The molecule has 8 nitrogen and oxygen atoms in total. The van der Waals surface area contributed by atoms with Gasteiger partial charge in [-0.3, -0.25) is 9.71 Å². The monoisotopic (exact) mass is 511 g/mol. The number of pyridine rings is 1. The summed E-state index contributed by atoms with van der Waals surface area (Å²) in [4.78, 5) is 3.98. The zero-order chi connectivity index (χ0) is 26.0. The number of rotatable bonds is 9. The summed E-state index contributed by atoms with van der Waals surface area (Å²) in [6.07, 6.45) is 5.84. The summed E-state index contributed by atoms with van der Waals surface area (Å²) in [5, 5.41) is 20.3. The van der Waals surface area contributed by atoms with Gasteiger partial charge in [-0.25, -0.2) is 8.42 Å². The van der Waals surface area contributed by atoms with E-state index in [1.54, 1.807) is 30.5 Å². The molecular formula is C28H25N5O3S. The highest BCUT2D eigenvalue weighted by Gasteiger charge is 2.27. The molecule has 0 unspecified atom stereocenters. The second-order valence-electron chi connectivity index (χ2n) is 9.15. The molecule has 0 amide bonds. The molecule has 0 bridgehead atoms. The maximum atomic E-state index is 12.2. The number of sulfonamides is 1. The van der Waals surface area contributed by atoms with E-state index in [0.29, 0.717) is 40.7 Å². The molecule has 2 heterocycles. The van der Waals surface area contributed by atoms with E-state index >= 15 is 0 Å². The zero-order valence-corrected chi connectivity index (χ0v) is 21.1.